The molecular formula is C14H15N3O4S. The highest BCUT2D eigenvalue weighted by Crippen LogP contribution is 2.26. The van der Waals surface area contributed by atoms with Gasteiger partial charge >= 0.3 is 0 Å². The van der Waals surface area contributed by atoms with Crippen molar-refractivity contribution in [2.75, 3.05) is 6.61 Å². The van der Waals surface area contributed by atoms with Gasteiger partial charge in [-0.1, -0.05) is 30.3 Å². The van der Waals surface area contributed by atoms with Gasteiger partial charge in [0.2, 0.25) is 5.91 Å². The highest BCUT2D eigenvalue weighted by atomic mass is 32.2. The van der Waals surface area contributed by atoms with Crippen LogP contribution in [0, 0.1) is 0 Å². The molecule has 1 aliphatic rings. The van der Waals surface area contributed by atoms with E-state index in [4.69, 9.17) is 4.55 Å². The molecule has 2 aromatic rings. The van der Waals surface area contributed by atoms with E-state index in [1.807, 2.05) is 30.3 Å². The highest BCUT2D eigenvalue weighted by Gasteiger charge is 2.31. The van der Waals surface area contributed by atoms with Gasteiger partial charge in [-0.05, 0) is 5.56 Å². The van der Waals surface area contributed by atoms with Gasteiger partial charge in [0.05, 0.1) is 24.8 Å². The number of aliphatic hydroxyl groups excluding tert-OH is 1. The minimum Gasteiger partial charge on any atom is -0.395 e. The Labute approximate surface area is 129 Å². The second-order valence-corrected chi connectivity index (χ2v) is 5.91. The van der Waals surface area contributed by atoms with Crippen molar-refractivity contribution in [1.82, 2.24) is 14.1 Å². The fourth-order valence-electron chi connectivity index (χ4n) is 2.60. The van der Waals surface area contributed by atoms with E-state index >= 15 is 0 Å². The van der Waals surface area contributed by atoms with Crippen LogP contribution in [0.3, 0.4) is 0 Å². The van der Waals surface area contributed by atoms with Crippen molar-refractivity contribution in [2.45, 2.75) is 19.0 Å². The van der Waals surface area contributed by atoms with Crippen LogP contribution in [0.2, 0.25) is 0 Å². The van der Waals surface area contributed by atoms with Gasteiger partial charge in [-0.3, -0.25) is 9.35 Å². The van der Waals surface area contributed by atoms with Gasteiger partial charge in [-0.15, -0.1) is 0 Å². The Bertz CT molecular complexity index is 693. The third kappa shape index (κ3) is 2.68. The molecular weight excluding hydrogens is 306 g/mol. The molecule has 8 heteroatoms. The second kappa shape index (κ2) is 5.99. The fourth-order valence-corrected chi connectivity index (χ4v) is 2.98. The molecule has 2 N–H and O–H groups in total. The lowest BCUT2D eigenvalue weighted by molar-refractivity contribution is -0.134. The maximum absolute atomic E-state index is 12.6. The van der Waals surface area contributed by atoms with Gasteiger partial charge in [0.15, 0.2) is 0 Å². The minimum atomic E-state index is -2.19. The zero-order valence-corrected chi connectivity index (χ0v) is 12.4. The normalized spacial score (nSPS) is 16.4. The Morgan fingerprint density at radius 1 is 1.32 bits per heavy atom. The zero-order valence-electron chi connectivity index (χ0n) is 11.6. The van der Waals surface area contributed by atoms with E-state index in [2.05, 4.69) is 5.10 Å². The smallest absolute Gasteiger partial charge is 0.282 e. The lowest BCUT2D eigenvalue weighted by atomic mass is 9.98. The van der Waals surface area contributed by atoms with Crippen LogP contribution in [0.15, 0.2) is 36.5 Å². The molecule has 0 fully saturated rings. The summed E-state index contributed by atoms with van der Waals surface area (Å²) in [4.78, 5) is 14.2. The Balaban J connectivity index is 1.76. The Morgan fingerprint density at radius 2 is 2.05 bits per heavy atom. The number of hydrogen-bond donors (Lipinski definition) is 2. The average Bonchev–Trinajstić information content (AvgIpc) is 3.07. The van der Waals surface area contributed by atoms with Crippen LogP contribution in [0.1, 0.15) is 22.7 Å². The fraction of sp³-hybridized carbons (Fsp3) is 0.286. The van der Waals surface area contributed by atoms with Gasteiger partial charge in [-0.25, -0.2) is 4.21 Å². The molecule has 2 heterocycles. The third-order valence-electron chi connectivity index (χ3n) is 3.71. The summed E-state index contributed by atoms with van der Waals surface area (Å²) in [7, 11) is 0. The van der Waals surface area contributed by atoms with Crippen molar-refractivity contribution in [2.24, 2.45) is 0 Å². The molecule has 0 bridgehead atoms. The number of carbonyl (C=O) groups excluding carboxylic acids is 1. The number of benzene rings is 1. The molecule has 22 heavy (non-hydrogen) atoms. The molecule has 1 aliphatic heterocycles. The van der Waals surface area contributed by atoms with Crippen molar-refractivity contribution < 1.29 is 18.7 Å². The standard InChI is InChI=1S/C14H15N3O4S/c18-9-12(10-4-2-1-3-5-10)14(19)16-6-11-7-17(22(20)21)15-13(11)8-16/h1-5,7,12,18H,6,8-9H2,(H,20,21)/t12-/m1/s1. The van der Waals surface area contributed by atoms with Crippen molar-refractivity contribution in [3.63, 3.8) is 0 Å². The van der Waals surface area contributed by atoms with Gasteiger partial charge in [0.25, 0.3) is 11.3 Å². The van der Waals surface area contributed by atoms with E-state index in [1.165, 1.54) is 6.20 Å². The molecule has 3 rings (SSSR count). The summed E-state index contributed by atoms with van der Waals surface area (Å²) in [5.41, 5.74) is 2.13. The predicted octanol–water partition coefficient (Wildman–Crippen LogP) is 0.486. The Morgan fingerprint density at radius 3 is 2.64 bits per heavy atom. The maximum atomic E-state index is 12.6. The highest BCUT2D eigenvalue weighted by molar-refractivity contribution is 7.77. The summed E-state index contributed by atoms with van der Waals surface area (Å²) in [5, 5.41) is 13.5. The second-order valence-electron chi connectivity index (χ2n) is 5.07. The molecule has 1 unspecified atom stereocenters. The number of amides is 1. The van der Waals surface area contributed by atoms with Crippen LogP contribution in [0.5, 0.6) is 0 Å². The van der Waals surface area contributed by atoms with Crippen LogP contribution in [0.25, 0.3) is 0 Å². The van der Waals surface area contributed by atoms with Gasteiger partial charge in [0.1, 0.15) is 0 Å². The summed E-state index contributed by atoms with van der Waals surface area (Å²) in [5.74, 6) is -0.785. The van der Waals surface area contributed by atoms with E-state index < -0.39 is 17.2 Å². The van der Waals surface area contributed by atoms with E-state index in [1.54, 1.807) is 4.90 Å². The summed E-state index contributed by atoms with van der Waals surface area (Å²) in [6.45, 7) is 0.341. The number of fused-ring (bicyclic) bond motifs is 1. The Kier molecular flexibility index (Phi) is 4.06. The monoisotopic (exact) mass is 321 g/mol. The van der Waals surface area contributed by atoms with Crippen molar-refractivity contribution in [3.05, 3.63) is 53.3 Å². The summed E-state index contributed by atoms with van der Waals surface area (Å²) in [6.07, 6.45) is 1.47. The maximum Gasteiger partial charge on any atom is 0.282 e. The van der Waals surface area contributed by atoms with Crippen molar-refractivity contribution in [1.29, 1.82) is 0 Å². The van der Waals surface area contributed by atoms with Crippen LogP contribution >= 0.6 is 0 Å². The average molecular weight is 321 g/mol. The number of rotatable bonds is 4. The SMILES string of the molecule is O=C([C@H](CO)c1ccccc1)N1Cc2cn(S(=O)O)nc2C1. The number of aliphatic hydroxyl groups is 1. The molecule has 0 spiro atoms. The van der Waals surface area contributed by atoms with Gasteiger partial charge < -0.3 is 10.0 Å². The molecule has 2 atom stereocenters. The molecule has 0 saturated heterocycles. The molecule has 1 aromatic carbocycles. The summed E-state index contributed by atoms with van der Waals surface area (Å²) in [6, 6.07) is 9.12. The quantitative estimate of drug-likeness (QED) is 0.799. The molecule has 1 aromatic heterocycles. The van der Waals surface area contributed by atoms with E-state index in [0.29, 0.717) is 12.2 Å². The lowest BCUT2D eigenvalue weighted by Gasteiger charge is -2.22. The van der Waals surface area contributed by atoms with Crippen LogP contribution in [0.4, 0.5) is 0 Å². The molecule has 0 radical (unpaired) electrons. The van der Waals surface area contributed by atoms with E-state index in [0.717, 1.165) is 15.2 Å². The lowest BCUT2D eigenvalue weighted by Crippen LogP contribution is -2.32. The first kappa shape index (κ1) is 14.9. The number of aromatic nitrogens is 2. The van der Waals surface area contributed by atoms with Crippen LogP contribution in [-0.4, -0.2) is 40.5 Å². The molecule has 116 valence electrons. The van der Waals surface area contributed by atoms with Crippen LogP contribution < -0.4 is 0 Å². The molecule has 7 nitrogen and oxygen atoms in total. The van der Waals surface area contributed by atoms with E-state index in [9.17, 15) is 14.1 Å². The summed E-state index contributed by atoms with van der Waals surface area (Å²) < 4.78 is 20.9. The molecule has 0 aliphatic carbocycles. The number of carbonyl (C=O) groups is 1. The van der Waals surface area contributed by atoms with Gasteiger partial charge in [0, 0.05) is 18.3 Å². The largest absolute Gasteiger partial charge is 0.395 e. The third-order valence-corrected chi connectivity index (χ3v) is 4.22. The van der Waals surface area contributed by atoms with Crippen molar-refractivity contribution >= 4 is 17.2 Å². The summed E-state index contributed by atoms with van der Waals surface area (Å²) >= 11 is -2.19. The van der Waals surface area contributed by atoms with Crippen LogP contribution in [-0.2, 0) is 29.2 Å². The minimum absolute atomic E-state index is 0.177. The molecule has 0 saturated carbocycles. The first-order valence-corrected chi connectivity index (χ1v) is 7.80. The topological polar surface area (TPSA) is 95.7 Å². The first-order chi connectivity index (χ1) is 10.6. The van der Waals surface area contributed by atoms with E-state index in [-0.39, 0.29) is 19.1 Å². The first-order valence-electron chi connectivity index (χ1n) is 6.73. The molecule has 1 amide bonds. The number of hydrogen-bond acceptors (Lipinski definition) is 4. The predicted molar refractivity (Wildman–Crippen MR) is 78.9 cm³/mol. The number of nitrogens with zero attached hydrogens (tertiary/aromatic N) is 3. The van der Waals surface area contributed by atoms with Gasteiger partial charge in [-0.2, -0.15) is 9.19 Å². The zero-order chi connectivity index (χ0) is 15.7. The van der Waals surface area contributed by atoms with Crippen molar-refractivity contribution in [3.8, 4) is 0 Å². The Hall–Kier alpha value is -2.03.